The number of carbonyl (C=O) groups excluding carboxylic acids is 1. The van der Waals surface area contributed by atoms with E-state index in [2.05, 4.69) is 10.3 Å². The number of amides is 1. The van der Waals surface area contributed by atoms with Gasteiger partial charge in [0.25, 0.3) is 5.91 Å². The van der Waals surface area contributed by atoms with Crippen molar-refractivity contribution in [2.24, 2.45) is 0 Å². The van der Waals surface area contributed by atoms with Crippen LogP contribution in [0.1, 0.15) is 15.9 Å². The van der Waals surface area contributed by atoms with E-state index in [0.717, 1.165) is 11.6 Å². The van der Waals surface area contributed by atoms with Crippen molar-refractivity contribution >= 4 is 17.4 Å². The Balaban J connectivity index is 2.28. The van der Waals surface area contributed by atoms with E-state index >= 15 is 0 Å². The van der Waals surface area contributed by atoms with Crippen LogP contribution in [-0.4, -0.2) is 16.0 Å². The minimum absolute atomic E-state index is 0.236. The number of aromatic hydroxyl groups is 1. The van der Waals surface area contributed by atoms with Gasteiger partial charge in [-0.1, -0.05) is 6.07 Å². The summed E-state index contributed by atoms with van der Waals surface area (Å²) in [5.41, 5.74) is 6.42. The summed E-state index contributed by atoms with van der Waals surface area (Å²) in [7, 11) is 0. The fraction of sp³-hybridized carbons (Fsp3) is 0.0769. The van der Waals surface area contributed by atoms with Gasteiger partial charge in [0.05, 0.1) is 11.9 Å². The number of aryl methyl sites for hydroxylation is 1. The van der Waals surface area contributed by atoms with Crippen LogP contribution in [0.15, 0.2) is 30.5 Å². The highest BCUT2D eigenvalue weighted by molar-refractivity contribution is 6.05. The van der Waals surface area contributed by atoms with Gasteiger partial charge < -0.3 is 16.2 Å². The molecule has 1 aromatic carbocycles. The van der Waals surface area contributed by atoms with E-state index < -0.39 is 23.0 Å². The Hall–Kier alpha value is -2.63. The number of nitrogens with zero attached hydrogens (tertiary/aromatic N) is 1. The second-order valence-electron chi connectivity index (χ2n) is 4.01. The summed E-state index contributed by atoms with van der Waals surface area (Å²) in [6, 6.07) is 5.20. The maximum absolute atomic E-state index is 13.5. The molecule has 0 atom stereocenters. The average molecular weight is 261 g/mol. The van der Waals surface area contributed by atoms with Gasteiger partial charge in [-0.25, -0.2) is 9.37 Å². The molecule has 6 heteroatoms. The van der Waals surface area contributed by atoms with Gasteiger partial charge >= 0.3 is 0 Å². The predicted octanol–water partition coefficient (Wildman–Crippen LogP) is 2.07. The zero-order valence-electron chi connectivity index (χ0n) is 10.1. The van der Waals surface area contributed by atoms with Gasteiger partial charge in [-0.2, -0.15) is 0 Å². The van der Waals surface area contributed by atoms with Crippen LogP contribution < -0.4 is 11.1 Å². The molecule has 4 N–H and O–H groups in total. The molecular weight excluding hydrogens is 249 g/mol. The van der Waals surface area contributed by atoms with Crippen molar-refractivity contribution in [1.82, 2.24) is 4.98 Å². The van der Waals surface area contributed by atoms with Crippen molar-refractivity contribution in [2.75, 3.05) is 11.1 Å². The molecule has 0 saturated carbocycles. The first-order valence-electron chi connectivity index (χ1n) is 5.50. The lowest BCUT2D eigenvalue weighted by molar-refractivity contribution is 0.102. The van der Waals surface area contributed by atoms with Crippen molar-refractivity contribution < 1.29 is 14.3 Å². The van der Waals surface area contributed by atoms with Gasteiger partial charge in [0.2, 0.25) is 0 Å². The number of nitrogens with one attached hydrogen (secondary N) is 1. The molecule has 1 heterocycles. The van der Waals surface area contributed by atoms with Crippen LogP contribution in [0, 0.1) is 12.7 Å². The molecule has 5 nitrogen and oxygen atoms in total. The predicted molar refractivity (Wildman–Crippen MR) is 69.4 cm³/mol. The van der Waals surface area contributed by atoms with Gasteiger partial charge in [0.1, 0.15) is 22.9 Å². The molecule has 0 radical (unpaired) electrons. The summed E-state index contributed by atoms with van der Waals surface area (Å²) in [5.74, 6) is -1.76. The summed E-state index contributed by atoms with van der Waals surface area (Å²) in [5, 5.41) is 11.9. The van der Waals surface area contributed by atoms with E-state index in [0.29, 0.717) is 5.69 Å². The van der Waals surface area contributed by atoms with Crippen molar-refractivity contribution in [3.05, 3.63) is 47.4 Å². The standard InChI is InChI=1S/C13H12FN3O2/c1-7-5-11(16-6-9(7)15)17-13(19)12-8(14)3-2-4-10(12)18/h2-6,18H,15H2,1H3,(H,16,17,19). The molecule has 2 rings (SSSR count). The van der Waals surface area contributed by atoms with Crippen LogP contribution in [0.25, 0.3) is 0 Å². The molecule has 1 aromatic heterocycles. The summed E-state index contributed by atoms with van der Waals surface area (Å²) in [6.45, 7) is 1.76. The summed E-state index contributed by atoms with van der Waals surface area (Å²) in [6.07, 6.45) is 1.39. The number of rotatable bonds is 2. The summed E-state index contributed by atoms with van der Waals surface area (Å²) >= 11 is 0. The molecule has 0 aliphatic carbocycles. The van der Waals surface area contributed by atoms with Gasteiger partial charge in [-0.15, -0.1) is 0 Å². The number of pyridine rings is 1. The topological polar surface area (TPSA) is 88.2 Å². The molecule has 0 bridgehead atoms. The SMILES string of the molecule is Cc1cc(NC(=O)c2c(O)cccc2F)ncc1N. The molecule has 98 valence electrons. The monoisotopic (exact) mass is 261 g/mol. The van der Waals surface area contributed by atoms with Crippen LogP contribution in [0.3, 0.4) is 0 Å². The lowest BCUT2D eigenvalue weighted by atomic mass is 10.1. The molecule has 19 heavy (non-hydrogen) atoms. The molecule has 2 aromatic rings. The Morgan fingerprint density at radius 3 is 2.84 bits per heavy atom. The van der Waals surface area contributed by atoms with Gasteiger partial charge in [-0.05, 0) is 30.7 Å². The third-order valence-corrected chi connectivity index (χ3v) is 2.61. The number of halogens is 1. The van der Waals surface area contributed by atoms with Crippen molar-refractivity contribution in [1.29, 1.82) is 0 Å². The van der Waals surface area contributed by atoms with E-state index in [9.17, 15) is 14.3 Å². The number of anilines is 2. The minimum Gasteiger partial charge on any atom is -0.507 e. The highest BCUT2D eigenvalue weighted by Gasteiger charge is 2.17. The maximum atomic E-state index is 13.5. The molecular formula is C13H12FN3O2. The molecule has 0 saturated heterocycles. The van der Waals surface area contributed by atoms with Crippen LogP contribution in [0.4, 0.5) is 15.9 Å². The van der Waals surface area contributed by atoms with E-state index in [1.54, 1.807) is 13.0 Å². The highest BCUT2D eigenvalue weighted by Crippen LogP contribution is 2.21. The molecule has 0 fully saturated rings. The average Bonchev–Trinajstić information content (AvgIpc) is 2.33. The number of hydrogen-bond acceptors (Lipinski definition) is 4. The van der Waals surface area contributed by atoms with Crippen molar-refractivity contribution in [3.8, 4) is 5.75 Å². The van der Waals surface area contributed by atoms with Crippen molar-refractivity contribution in [2.45, 2.75) is 6.92 Å². The summed E-state index contributed by atoms with van der Waals surface area (Å²) < 4.78 is 13.5. The number of aromatic nitrogens is 1. The smallest absolute Gasteiger partial charge is 0.263 e. The number of nitrogens with two attached hydrogens (primary N) is 1. The van der Waals surface area contributed by atoms with Gasteiger partial charge in [0.15, 0.2) is 0 Å². The number of phenols is 1. The Morgan fingerprint density at radius 1 is 1.47 bits per heavy atom. The first-order chi connectivity index (χ1) is 8.99. The second-order valence-corrected chi connectivity index (χ2v) is 4.01. The number of phenolic OH excluding ortho intramolecular Hbond substituents is 1. The Kier molecular flexibility index (Phi) is 3.33. The normalized spacial score (nSPS) is 10.2. The Labute approximate surface area is 108 Å². The maximum Gasteiger partial charge on any atom is 0.263 e. The van der Waals surface area contributed by atoms with E-state index in [1.807, 2.05) is 0 Å². The highest BCUT2D eigenvalue weighted by atomic mass is 19.1. The zero-order valence-corrected chi connectivity index (χ0v) is 10.1. The van der Waals surface area contributed by atoms with E-state index in [-0.39, 0.29) is 5.82 Å². The molecule has 0 spiro atoms. The van der Waals surface area contributed by atoms with Crippen LogP contribution in [0.5, 0.6) is 5.75 Å². The fourth-order valence-corrected chi connectivity index (χ4v) is 1.55. The first kappa shape index (κ1) is 12.8. The summed E-state index contributed by atoms with van der Waals surface area (Å²) in [4.78, 5) is 15.8. The molecule has 1 amide bonds. The lowest BCUT2D eigenvalue weighted by Gasteiger charge is -2.08. The van der Waals surface area contributed by atoms with E-state index in [1.165, 1.54) is 18.3 Å². The minimum atomic E-state index is -0.801. The quantitative estimate of drug-likeness (QED) is 0.772. The largest absolute Gasteiger partial charge is 0.507 e. The van der Waals surface area contributed by atoms with Gasteiger partial charge in [0, 0.05) is 0 Å². The third kappa shape index (κ3) is 2.62. The molecule has 0 aliphatic heterocycles. The third-order valence-electron chi connectivity index (χ3n) is 2.61. The van der Waals surface area contributed by atoms with Crippen LogP contribution in [-0.2, 0) is 0 Å². The van der Waals surface area contributed by atoms with Crippen LogP contribution in [0.2, 0.25) is 0 Å². The molecule has 0 aliphatic rings. The number of carbonyl (C=O) groups is 1. The number of hydrogen-bond donors (Lipinski definition) is 3. The fourth-order valence-electron chi connectivity index (χ4n) is 1.55. The van der Waals surface area contributed by atoms with Crippen molar-refractivity contribution in [3.63, 3.8) is 0 Å². The number of nitrogen functional groups attached to an aromatic ring is 1. The van der Waals surface area contributed by atoms with E-state index in [4.69, 9.17) is 5.73 Å². The van der Waals surface area contributed by atoms with Gasteiger partial charge in [-0.3, -0.25) is 4.79 Å². The number of benzene rings is 1. The Bertz CT molecular complexity index is 624. The lowest BCUT2D eigenvalue weighted by Crippen LogP contribution is -2.15. The molecule has 0 unspecified atom stereocenters. The first-order valence-corrected chi connectivity index (χ1v) is 5.50. The van der Waals surface area contributed by atoms with Crippen LogP contribution >= 0.6 is 0 Å². The Morgan fingerprint density at radius 2 is 2.21 bits per heavy atom. The second kappa shape index (κ2) is 4.93. The zero-order chi connectivity index (χ0) is 14.0.